The number of ether oxygens (including phenoxy) is 1. The van der Waals surface area contributed by atoms with E-state index >= 15 is 0 Å². The van der Waals surface area contributed by atoms with Gasteiger partial charge in [0.2, 0.25) is 17.7 Å². The van der Waals surface area contributed by atoms with Crippen LogP contribution in [0, 0.1) is 17.7 Å². The van der Waals surface area contributed by atoms with Gasteiger partial charge in [-0.3, -0.25) is 19.2 Å². The first-order chi connectivity index (χ1) is 14.7. The molecule has 0 saturated carbocycles. The molecule has 1 aliphatic heterocycles. The van der Waals surface area contributed by atoms with Crippen LogP contribution < -0.4 is 26.4 Å². The van der Waals surface area contributed by atoms with Crippen molar-refractivity contribution in [2.24, 2.45) is 17.6 Å². The third-order valence-corrected chi connectivity index (χ3v) is 4.89. The van der Waals surface area contributed by atoms with Crippen LogP contribution in [0.5, 0.6) is 5.75 Å². The first-order valence-corrected chi connectivity index (χ1v) is 10.2. The van der Waals surface area contributed by atoms with Gasteiger partial charge in [0.1, 0.15) is 23.7 Å². The smallest absolute Gasteiger partial charge is 0.258 e. The van der Waals surface area contributed by atoms with Crippen molar-refractivity contribution in [2.45, 2.75) is 45.2 Å². The average Bonchev–Trinajstić information content (AvgIpc) is 3.10. The van der Waals surface area contributed by atoms with Crippen LogP contribution in [-0.2, 0) is 19.2 Å². The lowest BCUT2D eigenvalue weighted by Crippen LogP contribution is -2.54. The SMILES string of the molecule is CC(C)CC(NC(=O)COc1ccc(F)cc1)C(=O)N[C@@H](CC1CCNC1=O)C(N)=O. The molecule has 170 valence electrons. The summed E-state index contributed by atoms with van der Waals surface area (Å²) in [6.45, 7) is 3.92. The summed E-state index contributed by atoms with van der Waals surface area (Å²) in [5, 5.41) is 7.84. The van der Waals surface area contributed by atoms with Gasteiger partial charge in [-0.05, 0) is 49.4 Å². The van der Waals surface area contributed by atoms with Gasteiger partial charge >= 0.3 is 0 Å². The number of hydrogen-bond acceptors (Lipinski definition) is 5. The lowest BCUT2D eigenvalue weighted by atomic mass is 9.97. The number of nitrogens with two attached hydrogens (primary N) is 1. The Hall–Kier alpha value is -3.17. The van der Waals surface area contributed by atoms with E-state index in [1.54, 1.807) is 0 Å². The Morgan fingerprint density at radius 3 is 2.42 bits per heavy atom. The van der Waals surface area contributed by atoms with Gasteiger partial charge in [-0.1, -0.05) is 13.8 Å². The lowest BCUT2D eigenvalue weighted by molar-refractivity contribution is -0.132. The maximum Gasteiger partial charge on any atom is 0.258 e. The Morgan fingerprint density at radius 1 is 1.19 bits per heavy atom. The van der Waals surface area contributed by atoms with E-state index in [4.69, 9.17) is 10.5 Å². The lowest BCUT2D eigenvalue weighted by Gasteiger charge is -2.24. The molecular weight excluding hydrogens is 407 g/mol. The number of carbonyl (C=O) groups is 4. The predicted octanol–water partition coefficient (Wildman–Crippen LogP) is 0.232. The van der Waals surface area contributed by atoms with Crippen molar-refractivity contribution in [1.82, 2.24) is 16.0 Å². The summed E-state index contributed by atoms with van der Waals surface area (Å²) in [4.78, 5) is 48.7. The number of amides is 4. The average molecular weight is 436 g/mol. The summed E-state index contributed by atoms with van der Waals surface area (Å²) in [6, 6.07) is 3.25. The maximum absolute atomic E-state index is 12.9. The number of hydrogen-bond donors (Lipinski definition) is 4. The van der Waals surface area contributed by atoms with Crippen molar-refractivity contribution in [3.8, 4) is 5.75 Å². The monoisotopic (exact) mass is 436 g/mol. The molecule has 0 radical (unpaired) electrons. The third-order valence-electron chi connectivity index (χ3n) is 4.89. The largest absolute Gasteiger partial charge is 0.484 e. The van der Waals surface area contributed by atoms with Gasteiger partial charge < -0.3 is 26.4 Å². The fourth-order valence-corrected chi connectivity index (χ4v) is 3.29. The molecule has 9 nitrogen and oxygen atoms in total. The zero-order chi connectivity index (χ0) is 23.0. The van der Waals surface area contributed by atoms with Crippen molar-refractivity contribution in [3.63, 3.8) is 0 Å². The van der Waals surface area contributed by atoms with E-state index in [2.05, 4.69) is 16.0 Å². The quantitative estimate of drug-likeness (QED) is 0.393. The molecule has 1 aromatic carbocycles. The number of benzene rings is 1. The van der Waals surface area contributed by atoms with Gasteiger partial charge in [0.15, 0.2) is 6.61 Å². The molecule has 2 rings (SSSR count). The van der Waals surface area contributed by atoms with Crippen molar-refractivity contribution in [2.75, 3.05) is 13.2 Å². The Bertz CT molecular complexity index is 799. The molecule has 10 heteroatoms. The minimum atomic E-state index is -1.02. The molecule has 1 aliphatic rings. The van der Waals surface area contributed by atoms with Gasteiger partial charge in [0.05, 0.1) is 0 Å². The van der Waals surface area contributed by atoms with Crippen LogP contribution in [-0.4, -0.2) is 48.9 Å². The van der Waals surface area contributed by atoms with E-state index in [0.29, 0.717) is 25.1 Å². The van der Waals surface area contributed by atoms with E-state index in [-0.39, 0.29) is 24.9 Å². The molecule has 1 fully saturated rings. The Morgan fingerprint density at radius 2 is 1.87 bits per heavy atom. The first kappa shape index (κ1) is 24.1. The van der Waals surface area contributed by atoms with E-state index in [0.717, 1.165) is 0 Å². The second-order valence-corrected chi connectivity index (χ2v) is 7.97. The van der Waals surface area contributed by atoms with Gasteiger partial charge in [0, 0.05) is 12.5 Å². The van der Waals surface area contributed by atoms with Crippen molar-refractivity contribution < 1.29 is 28.3 Å². The molecular formula is C21H29FN4O5. The normalized spacial score (nSPS) is 17.5. The fourth-order valence-electron chi connectivity index (χ4n) is 3.29. The minimum Gasteiger partial charge on any atom is -0.484 e. The van der Waals surface area contributed by atoms with Crippen LogP contribution in [0.15, 0.2) is 24.3 Å². The van der Waals surface area contributed by atoms with Crippen LogP contribution >= 0.6 is 0 Å². The number of rotatable bonds is 11. The van der Waals surface area contributed by atoms with Crippen LogP contribution in [0.3, 0.4) is 0 Å². The van der Waals surface area contributed by atoms with Crippen LogP contribution in [0.4, 0.5) is 4.39 Å². The van der Waals surface area contributed by atoms with Gasteiger partial charge in [-0.2, -0.15) is 0 Å². The van der Waals surface area contributed by atoms with Crippen molar-refractivity contribution >= 4 is 23.6 Å². The summed E-state index contributed by atoms with van der Waals surface area (Å²) >= 11 is 0. The van der Waals surface area contributed by atoms with E-state index in [1.165, 1.54) is 24.3 Å². The summed E-state index contributed by atoms with van der Waals surface area (Å²) in [5.74, 6) is -2.48. The number of nitrogens with one attached hydrogen (secondary N) is 3. The highest BCUT2D eigenvalue weighted by atomic mass is 19.1. The predicted molar refractivity (Wildman–Crippen MR) is 110 cm³/mol. The summed E-state index contributed by atoms with van der Waals surface area (Å²) < 4.78 is 18.2. The van der Waals surface area contributed by atoms with E-state index in [1.807, 2.05) is 13.8 Å². The molecule has 1 aromatic rings. The Kier molecular flexibility index (Phi) is 8.77. The highest BCUT2D eigenvalue weighted by molar-refractivity contribution is 5.92. The molecule has 1 heterocycles. The topological polar surface area (TPSA) is 140 Å². The summed E-state index contributed by atoms with van der Waals surface area (Å²) in [5.41, 5.74) is 5.41. The standard InChI is InChI=1S/C21H29FN4O5/c1-12(2)9-17(25-18(27)11-31-15-5-3-14(22)4-6-15)21(30)26-16(19(23)28)10-13-7-8-24-20(13)29/h3-6,12-13,16-17H,7-11H2,1-2H3,(H2,23,28)(H,24,29)(H,25,27)(H,26,30)/t13?,16-,17?/m0/s1. The molecule has 0 aromatic heterocycles. The molecule has 0 spiro atoms. The molecule has 31 heavy (non-hydrogen) atoms. The highest BCUT2D eigenvalue weighted by Gasteiger charge is 2.32. The highest BCUT2D eigenvalue weighted by Crippen LogP contribution is 2.16. The third kappa shape index (κ3) is 7.88. The number of carbonyl (C=O) groups excluding carboxylic acids is 4. The maximum atomic E-state index is 12.9. The minimum absolute atomic E-state index is 0.0710. The molecule has 2 unspecified atom stereocenters. The van der Waals surface area contributed by atoms with E-state index < -0.39 is 41.5 Å². The van der Waals surface area contributed by atoms with Crippen molar-refractivity contribution in [1.29, 1.82) is 0 Å². The first-order valence-electron chi connectivity index (χ1n) is 10.2. The van der Waals surface area contributed by atoms with Gasteiger partial charge in [-0.15, -0.1) is 0 Å². The molecule has 4 amide bonds. The number of primary amides is 1. The molecule has 5 N–H and O–H groups in total. The van der Waals surface area contributed by atoms with Crippen LogP contribution in [0.1, 0.15) is 33.1 Å². The second kappa shape index (κ2) is 11.3. The summed E-state index contributed by atoms with van der Waals surface area (Å²) in [6.07, 6.45) is 0.984. The van der Waals surface area contributed by atoms with Crippen molar-refractivity contribution in [3.05, 3.63) is 30.1 Å². The van der Waals surface area contributed by atoms with Crippen LogP contribution in [0.2, 0.25) is 0 Å². The van der Waals surface area contributed by atoms with Gasteiger partial charge in [-0.25, -0.2) is 4.39 Å². The van der Waals surface area contributed by atoms with Gasteiger partial charge in [0.25, 0.3) is 5.91 Å². The summed E-state index contributed by atoms with van der Waals surface area (Å²) in [7, 11) is 0. The second-order valence-electron chi connectivity index (χ2n) is 7.97. The van der Waals surface area contributed by atoms with E-state index in [9.17, 15) is 23.6 Å². The molecule has 0 bridgehead atoms. The fraction of sp³-hybridized carbons (Fsp3) is 0.524. The zero-order valence-corrected chi connectivity index (χ0v) is 17.7. The molecule has 0 aliphatic carbocycles. The zero-order valence-electron chi connectivity index (χ0n) is 17.7. The number of halogens is 1. The Balaban J connectivity index is 1.95. The Labute approximate surface area is 180 Å². The molecule has 1 saturated heterocycles. The molecule has 3 atom stereocenters. The van der Waals surface area contributed by atoms with Crippen LogP contribution in [0.25, 0.3) is 0 Å².